The minimum atomic E-state index is 0.693. The Hall–Kier alpha value is -2.69. The third-order valence-corrected chi connectivity index (χ3v) is 3.32. The molecule has 0 N–H and O–H groups in total. The highest BCUT2D eigenvalue weighted by molar-refractivity contribution is 5.33. The Morgan fingerprint density at radius 3 is 2.67 bits per heavy atom. The van der Waals surface area contributed by atoms with Gasteiger partial charge in [-0.15, -0.1) is 0 Å². The second kappa shape index (κ2) is 6.17. The van der Waals surface area contributed by atoms with Crippen LogP contribution in [-0.4, -0.2) is 26.6 Å². The number of rotatable bonds is 5. The van der Waals surface area contributed by atoms with Crippen molar-refractivity contribution < 1.29 is 0 Å². The van der Waals surface area contributed by atoms with Crippen LogP contribution < -0.4 is 4.90 Å². The van der Waals surface area contributed by atoms with Crippen LogP contribution in [0.3, 0.4) is 0 Å². The van der Waals surface area contributed by atoms with Gasteiger partial charge < -0.3 is 9.47 Å². The molecule has 2 aromatic heterocycles. The Morgan fingerprint density at radius 2 is 1.90 bits per heavy atom. The van der Waals surface area contributed by atoms with Crippen LogP contribution in [0.4, 0.5) is 5.82 Å². The molecule has 0 amide bonds. The van der Waals surface area contributed by atoms with Gasteiger partial charge >= 0.3 is 0 Å². The van der Waals surface area contributed by atoms with Crippen LogP contribution in [0, 0.1) is 0 Å². The second-order valence-electron chi connectivity index (χ2n) is 4.88. The third-order valence-electron chi connectivity index (χ3n) is 3.32. The van der Waals surface area contributed by atoms with Crippen LogP contribution in [-0.2, 0) is 13.1 Å². The fraction of sp³-hybridized carbons (Fsp3) is 0.188. The summed E-state index contributed by atoms with van der Waals surface area (Å²) in [4.78, 5) is 14.9. The smallest absolute Gasteiger partial charge is 0.147 e. The van der Waals surface area contributed by atoms with E-state index in [1.807, 2.05) is 30.4 Å². The molecule has 21 heavy (non-hydrogen) atoms. The van der Waals surface area contributed by atoms with Gasteiger partial charge in [0.1, 0.15) is 11.6 Å². The summed E-state index contributed by atoms with van der Waals surface area (Å²) < 4.78 is 2.15. The lowest BCUT2D eigenvalue weighted by Gasteiger charge is -2.18. The van der Waals surface area contributed by atoms with E-state index in [9.17, 15) is 0 Å². The molecule has 106 valence electrons. The first-order valence-electron chi connectivity index (χ1n) is 6.84. The van der Waals surface area contributed by atoms with Crippen molar-refractivity contribution in [3.8, 4) is 0 Å². The molecule has 0 atom stereocenters. The van der Waals surface area contributed by atoms with Gasteiger partial charge in [0.2, 0.25) is 0 Å². The molecule has 1 aromatic carbocycles. The summed E-state index contributed by atoms with van der Waals surface area (Å²) in [5, 5.41) is 0. The zero-order valence-electron chi connectivity index (χ0n) is 11.9. The van der Waals surface area contributed by atoms with Gasteiger partial charge in [0.05, 0.1) is 12.7 Å². The molecule has 2 heterocycles. The molecule has 0 fully saturated rings. The number of hydrogen-bond acceptors (Lipinski definition) is 4. The van der Waals surface area contributed by atoms with E-state index in [4.69, 9.17) is 0 Å². The first-order valence-corrected chi connectivity index (χ1v) is 6.84. The SMILES string of the molecule is CN(Cc1nccn1Cc1ccccc1)c1cnccn1. The summed E-state index contributed by atoms with van der Waals surface area (Å²) in [5.74, 6) is 1.85. The van der Waals surface area contributed by atoms with Gasteiger partial charge in [0.25, 0.3) is 0 Å². The van der Waals surface area contributed by atoms with Crippen molar-refractivity contribution in [2.45, 2.75) is 13.1 Å². The van der Waals surface area contributed by atoms with E-state index in [1.165, 1.54) is 5.56 Å². The van der Waals surface area contributed by atoms with E-state index in [0.29, 0.717) is 6.54 Å². The van der Waals surface area contributed by atoms with E-state index in [0.717, 1.165) is 18.2 Å². The average Bonchev–Trinajstić information content (AvgIpc) is 2.96. The van der Waals surface area contributed by atoms with Crippen LogP contribution >= 0.6 is 0 Å². The highest BCUT2D eigenvalue weighted by Gasteiger charge is 2.08. The summed E-state index contributed by atoms with van der Waals surface area (Å²) in [6.07, 6.45) is 8.97. The Labute approximate surface area is 123 Å². The summed E-state index contributed by atoms with van der Waals surface area (Å²) in [5.41, 5.74) is 1.26. The molecule has 0 saturated carbocycles. The van der Waals surface area contributed by atoms with Gasteiger partial charge in [-0.2, -0.15) is 0 Å². The van der Waals surface area contributed by atoms with E-state index >= 15 is 0 Å². The first-order chi connectivity index (χ1) is 10.3. The normalized spacial score (nSPS) is 10.5. The molecule has 0 aliphatic rings. The van der Waals surface area contributed by atoms with E-state index in [-0.39, 0.29) is 0 Å². The van der Waals surface area contributed by atoms with Crippen LogP contribution in [0.25, 0.3) is 0 Å². The van der Waals surface area contributed by atoms with Crippen LogP contribution in [0.1, 0.15) is 11.4 Å². The lowest BCUT2D eigenvalue weighted by atomic mass is 10.2. The summed E-state index contributed by atoms with van der Waals surface area (Å²) in [7, 11) is 1.99. The molecular weight excluding hydrogens is 262 g/mol. The molecule has 0 unspecified atom stereocenters. The highest BCUT2D eigenvalue weighted by Crippen LogP contribution is 2.11. The highest BCUT2D eigenvalue weighted by atomic mass is 15.2. The van der Waals surface area contributed by atoms with Crippen LogP contribution in [0.5, 0.6) is 0 Å². The number of nitrogens with zero attached hydrogens (tertiary/aromatic N) is 5. The first kappa shape index (κ1) is 13.3. The topological polar surface area (TPSA) is 46.8 Å². The standard InChI is InChI=1S/C16H17N5/c1-20(15-11-17-7-8-18-15)13-16-19-9-10-21(16)12-14-5-3-2-4-6-14/h2-11H,12-13H2,1H3. The van der Waals surface area contributed by atoms with Crippen LogP contribution in [0.15, 0.2) is 61.3 Å². The van der Waals surface area contributed by atoms with E-state index in [2.05, 4.69) is 43.8 Å². The number of aromatic nitrogens is 4. The Morgan fingerprint density at radius 1 is 1.05 bits per heavy atom. The van der Waals surface area contributed by atoms with E-state index in [1.54, 1.807) is 18.6 Å². The molecule has 3 rings (SSSR count). The zero-order valence-corrected chi connectivity index (χ0v) is 11.9. The summed E-state index contributed by atoms with van der Waals surface area (Å²) in [6, 6.07) is 10.4. The van der Waals surface area contributed by atoms with Gasteiger partial charge in [0, 0.05) is 38.4 Å². The average molecular weight is 279 g/mol. The molecule has 0 aliphatic carbocycles. The Kier molecular flexibility index (Phi) is 3.91. The molecule has 0 bridgehead atoms. The molecule has 0 spiro atoms. The predicted molar refractivity (Wildman–Crippen MR) is 81.9 cm³/mol. The van der Waals surface area contributed by atoms with Crippen molar-refractivity contribution in [1.82, 2.24) is 19.5 Å². The fourth-order valence-corrected chi connectivity index (χ4v) is 2.20. The quantitative estimate of drug-likeness (QED) is 0.719. The van der Waals surface area contributed by atoms with Gasteiger partial charge in [0.15, 0.2) is 0 Å². The third kappa shape index (κ3) is 3.25. The van der Waals surface area contributed by atoms with E-state index < -0.39 is 0 Å². The maximum Gasteiger partial charge on any atom is 0.147 e. The van der Waals surface area contributed by atoms with Crippen molar-refractivity contribution in [2.75, 3.05) is 11.9 Å². The molecular formula is C16H17N5. The zero-order chi connectivity index (χ0) is 14.5. The minimum absolute atomic E-state index is 0.693. The lowest BCUT2D eigenvalue weighted by Crippen LogP contribution is -2.21. The molecule has 0 aliphatic heterocycles. The van der Waals surface area contributed by atoms with Crippen molar-refractivity contribution >= 4 is 5.82 Å². The molecule has 0 radical (unpaired) electrons. The molecule has 0 saturated heterocycles. The van der Waals surface area contributed by atoms with Gasteiger partial charge in [-0.25, -0.2) is 9.97 Å². The maximum atomic E-state index is 4.45. The summed E-state index contributed by atoms with van der Waals surface area (Å²) >= 11 is 0. The van der Waals surface area contributed by atoms with Crippen molar-refractivity contribution in [3.05, 3.63) is 72.7 Å². The van der Waals surface area contributed by atoms with Crippen molar-refractivity contribution in [1.29, 1.82) is 0 Å². The van der Waals surface area contributed by atoms with Gasteiger partial charge in [-0.3, -0.25) is 4.98 Å². The number of anilines is 1. The number of imidazole rings is 1. The summed E-state index contributed by atoms with van der Waals surface area (Å²) in [6.45, 7) is 1.52. The minimum Gasteiger partial charge on any atom is -0.351 e. The monoisotopic (exact) mass is 279 g/mol. The van der Waals surface area contributed by atoms with Gasteiger partial charge in [-0.05, 0) is 5.56 Å². The van der Waals surface area contributed by atoms with Gasteiger partial charge in [-0.1, -0.05) is 30.3 Å². The van der Waals surface area contributed by atoms with Crippen LogP contribution in [0.2, 0.25) is 0 Å². The Balaban J connectivity index is 1.74. The molecule has 5 heteroatoms. The maximum absolute atomic E-state index is 4.45. The number of benzene rings is 1. The largest absolute Gasteiger partial charge is 0.351 e. The predicted octanol–water partition coefficient (Wildman–Crippen LogP) is 2.36. The Bertz CT molecular complexity index is 678. The van der Waals surface area contributed by atoms with Crippen molar-refractivity contribution in [2.24, 2.45) is 0 Å². The fourth-order valence-electron chi connectivity index (χ4n) is 2.20. The second-order valence-corrected chi connectivity index (χ2v) is 4.88. The van der Waals surface area contributed by atoms with Crippen molar-refractivity contribution in [3.63, 3.8) is 0 Å². The molecule has 3 aromatic rings. The molecule has 5 nitrogen and oxygen atoms in total. The number of hydrogen-bond donors (Lipinski definition) is 0. The lowest BCUT2D eigenvalue weighted by molar-refractivity contribution is 0.703.